The van der Waals surface area contributed by atoms with Crippen LogP contribution in [0.25, 0.3) is 0 Å². The van der Waals surface area contributed by atoms with Gasteiger partial charge in [-0.1, -0.05) is 6.92 Å². The lowest BCUT2D eigenvalue weighted by Gasteiger charge is -2.31. The fraction of sp³-hybridized carbons (Fsp3) is 0.909. The van der Waals surface area contributed by atoms with E-state index in [1.54, 1.807) is 0 Å². The molecule has 0 bridgehead atoms. The highest BCUT2D eigenvalue weighted by atomic mass is 19.4. The van der Waals surface area contributed by atoms with Gasteiger partial charge >= 0.3 is 12.1 Å². The minimum Gasteiger partial charge on any atom is -0.481 e. The molecule has 3 nitrogen and oxygen atoms in total. The molecule has 1 saturated heterocycles. The molecule has 6 heteroatoms. The third-order valence-corrected chi connectivity index (χ3v) is 3.24. The van der Waals surface area contributed by atoms with Crippen LogP contribution in [0.15, 0.2) is 0 Å². The Balaban J connectivity index is 2.71. The van der Waals surface area contributed by atoms with Crippen molar-refractivity contribution in [2.24, 2.45) is 5.92 Å². The number of hydrogen-bond acceptors (Lipinski definition) is 2. The maximum absolute atomic E-state index is 12.8. The molecular weight excluding hydrogens is 235 g/mol. The van der Waals surface area contributed by atoms with Crippen molar-refractivity contribution in [1.29, 1.82) is 0 Å². The Morgan fingerprint density at radius 3 is 2.59 bits per heavy atom. The number of carboxylic acid groups (broad SMARTS) is 1. The lowest BCUT2D eigenvalue weighted by atomic mass is 10.0. The molecule has 17 heavy (non-hydrogen) atoms. The van der Waals surface area contributed by atoms with E-state index in [-0.39, 0.29) is 0 Å². The van der Waals surface area contributed by atoms with Gasteiger partial charge in [0.1, 0.15) is 6.04 Å². The van der Waals surface area contributed by atoms with Gasteiger partial charge in [0.05, 0.1) is 6.42 Å². The normalized spacial score (nSPS) is 25.3. The van der Waals surface area contributed by atoms with Gasteiger partial charge in [-0.2, -0.15) is 13.2 Å². The summed E-state index contributed by atoms with van der Waals surface area (Å²) in [5.41, 5.74) is 0. The predicted molar refractivity (Wildman–Crippen MR) is 56.7 cm³/mol. The average Bonchev–Trinajstić information content (AvgIpc) is 2.37. The minimum absolute atomic E-state index is 0.332. The highest BCUT2D eigenvalue weighted by molar-refractivity contribution is 5.67. The number of carbonyl (C=O) groups is 1. The standard InChI is InChI=1S/C11H18F3NO2/c1-8-3-2-5-15(6-4-8)9(7-10(16)17)11(12,13)14/h8-9H,2-7H2,1H3,(H,16,17). The first-order chi connectivity index (χ1) is 7.80. The van der Waals surface area contributed by atoms with Gasteiger partial charge in [0, 0.05) is 0 Å². The maximum Gasteiger partial charge on any atom is 0.404 e. The van der Waals surface area contributed by atoms with Crippen LogP contribution in [0.1, 0.15) is 32.6 Å². The third-order valence-electron chi connectivity index (χ3n) is 3.24. The Morgan fingerprint density at radius 2 is 2.06 bits per heavy atom. The lowest BCUT2D eigenvalue weighted by Crippen LogP contribution is -2.47. The molecule has 0 aromatic rings. The predicted octanol–water partition coefficient (Wildman–Crippen LogP) is 2.51. The summed E-state index contributed by atoms with van der Waals surface area (Å²) in [6.45, 7) is 2.68. The second-order valence-corrected chi connectivity index (χ2v) is 4.73. The zero-order valence-electron chi connectivity index (χ0n) is 9.83. The van der Waals surface area contributed by atoms with Gasteiger partial charge in [-0.25, -0.2) is 0 Å². The van der Waals surface area contributed by atoms with Crippen molar-refractivity contribution in [3.63, 3.8) is 0 Å². The largest absolute Gasteiger partial charge is 0.481 e. The van der Waals surface area contributed by atoms with E-state index in [0.717, 1.165) is 6.42 Å². The van der Waals surface area contributed by atoms with E-state index < -0.39 is 24.6 Å². The Hall–Kier alpha value is -0.780. The topological polar surface area (TPSA) is 40.5 Å². The second-order valence-electron chi connectivity index (χ2n) is 4.73. The summed E-state index contributed by atoms with van der Waals surface area (Å²) >= 11 is 0. The van der Waals surface area contributed by atoms with Gasteiger partial charge in [-0.15, -0.1) is 0 Å². The van der Waals surface area contributed by atoms with E-state index in [1.165, 1.54) is 4.90 Å². The summed E-state index contributed by atoms with van der Waals surface area (Å²) in [4.78, 5) is 11.8. The number of halogens is 3. The fourth-order valence-electron chi connectivity index (χ4n) is 2.21. The van der Waals surface area contributed by atoms with Crippen LogP contribution >= 0.6 is 0 Å². The molecule has 0 aromatic heterocycles. The Morgan fingerprint density at radius 1 is 1.41 bits per heavy atom. The molecular formula is C11H18F3NO2. The van der Waals surface area contributed by atoms with Gasteiger partial charge < -0.3 is 5.11 Å². The lowest BCUT2D eigenvalue weighted by molar-refractivity contribution is -0.190. The molecule has 1 heterocycles. The molecule has 0 radical (unpaired) electrons. The molecule has 2 unspecified atom stereocenters. The molecule has 1 fully saturated rings. The first-order valence-electron chi connectivity index (χ1n) is 5.83. The molecule has 0 amide bonds. The van der Waals surface area contributed by atoms with E-state index in [2.05, 4.69) is 0 Å². The molecule has 0 aliphatic carbocycles. The highest BCUT2D eigenvalue weighted by Gasteiger charge is 2.44. The summed E-state index contributed by atoms with van der Waals surface area (Å²) in [5.74, 6) is -0.983. The van der Waals surface area contributed by atoms with Crippen LogP contribution in [0.2, 0.25) is 0 Å². The zero-order valence-corrected chi connectivity index (χ0v) is 9.83. The van der Waals surface area contributed by atoms with Gasteiger partial charge in [0.2, 0.25) is 0 Å². The third kappa shape index (κ3) is 4.53. The molecule has 0 saturated carbocycles. The van der Waals surface area contributed by atoms with E-state index in [4.69, 9.17) is 5.11 Å². The van der Waals surface area contributed by atoms with E-state index in [1.807, 2.05) is 6.92 Å². The quantitative estimate of drug-likeness (QED) is 0.840. The van der Waals surface area contributed by atoms with Crippen molar-refractivity contribution in [3.8, 4) is 0 Å². The first-order valence-corrected chi connectivity index (χ1v) is 5.83. The monoisotopic (exact) mass is 253 g/mol. The van der Waals surface area contributed by atoms with E-state index in [9.17, 15) is 18.0 Å². The molecule has 0 spiro atoms. The minimum atomic E-state index is -4.47. The van der Waals surface area contributed by atoms with E-state index in [0.29, 0.717) is 31.8 Å². The Kier molecular flexibility index (Phi) is 4.80. The van der Waals surface area contributed by atoms with Crippen LogP contribution in [-0.4, -0.2) is 41.3 Å². The van der Waals surface area contributed by atoms with Crippen molar-refractivity contribution in [2.45, 2.75) is 44.8 Å². The molecule has 1 aliphatic rings. The first kappa shape index (κ1) is 14.3. The summed E-state index contributed by atoms with van der Waals surface area (Å²) in [5, 5.41) is 8.57. The highest BCUT2D eigenvalue weighted by Crippen LogP contribution is 2.30. The molecule has 100 valence electrons. The van der Waals surface area contributed by atoms with Crippen LogP contribution < -0.4 is 0 Å². The number of likely N-dealkylation sites (tertiary alicyclic amines) is 1. The van der Waals surface area contributed by atoms with Crippen LogP contribution in [0.5, 0.6) is 0 Å². The van der Waals surface area contributed by atoms with Gasteiger partial charge in [-0.3, -0.25) is 9.69 Å². The number of carboxylic acids is 1. The van der Waals surface area contributed by atoms with E-state index >= 15 is 0 Å². The van der Waals surface area contributed by atoms with Gasteiger partial charge in [0.25, 0.3) is 0 Å². The number of nitrogens with zero attached hydrogens (tertiary/aromatic N) is 1. The van der Waals surface area contributed by atoms with Crippen LogP contribution in [0, 0.1) is 5.92 Å². The average molecular weight is 253 g/mol. The number of hydrogen-bond donors (Lipinski definition) is 1. The fourth-order valence-corrected chi connectivity index (χ4v) is 2.21. The molecule has 1 aliphatic heterocycles. The summed E-state index contributed by atoms with van der Waals surface area (Å²) in [6, 6.07) is -1.84. The number of alkyl halides is 3. The number of rotatable bonds is 3. The molecule has 2 atom stereocenters. The van der Waals surface area contributed by atoms with Crippen LogP contribution in [-0.2, 0) is 4.79 Å². The SMILES string of the molecule is CC1CCCN(C(CC(=O)O)C(F)(F)F)CC1. The second kappa shape index (κ2) is 5.71. The Labute approximate surface area is 98.6 Å². The van der Waals surface area contributed by atoms with Crippen molar-refractivity contribution in [2.75, 3.05) is 13.1 Å². The van der Waals surface area contributed by atoms with Gasteiger partial charge in [-0.05, 0) is 38.3 Å². The van der Waals surface area contributed by atoms with Crippen LogP contribution in [0.3, 0.4) is 0 Å². The Bertz CT molecular complexity index is 268. The van der Waals surface area contributed by atoms with Crippen molar-refractivity contribution in [3.05, 3.63) is 0 Å². The van der Waals surface area contributed by atoms with Crippen molar-refractivity contribution >= 4 is 5.97 Å². The van der Waals surface area contributed by atoms with Crippen LogP contribution in [0.4, 0.5) is 13.2 Å². The summed E-state index contributed by atoms with van der Waals surface area (Å²) in [6.07, 6.45) is -3.02. The summed E-state index contributed by atoms with van der Waals surface area (Å²) in [7, 11) is 0. The summed E-state index contributed by atoms with van der Waals surface area (Å²) < 4.78 is 38.4. The zero-order chi connectivity index (χ0) is 13.1. The van der Waals surface area contributed by atoms with Crippen molar-refractivity contribution in [1.82, 2.24) is 4.90 Å². The molecule has 1 N–H and O–H groups in total. The smallest absolute Gasteiger partial charge is 0.404 e. The molecule has 1 rings (SSSR count). The van der Waals surface area contributed by atoms with Crippen molar-refractivity contribution < 1.29 is 23.1 Å². The number of aliphatic carboxylic acids is 1. The molecule has 0 aromatic carbocycles. The maximum atomic E-state index is 12.8. The van der Waals surface area contributed by atoms with Gasteiger partial charge in [0.15, 0.2) is 0 Å².